The van der Waals surface area contributed by atoms with Gasteiger partial charge in [-0.2, -0.15) is 5.10 Å². The molecule has 0 aromatic carbocycles. The molecular weight excluding hydrogens is 304 g/mol. The zero-order valence-electron chi connectivity index (χ0n) is 14.6. The van der Waals surface area contributed by atoms with Gasteiger partial charge in [0.25, 0.3) is 0 Å². The lowest BCUT2D eigenvalue weighted by atomic mass is 9.97. The molecule has 1 aliphatic carbocycles. The van der Waals surface area contributed by atoms with Crippen LogP contribution in [-0.2, 0) is 24.4 Å². The molecule has 3 heterocycles. The summed E-state index contributed by atoms with van der Waals surface area (Å²) in [5.41, 5.74) is 3.57. The Morgan fingerprint density at radius 1 is 1.38 bits per heavy atom. The highest BCUT2D eigenvalue weighted by molar-refractivity contribution is 5.25. The summed E-state index contributed by atoms with van der Waals surface area (Å²) in [6.45, 7) is 9.23. The van der Waals surface area contributed by atoms with E-state index in [0.29, 0.717) is 5.92 Å². The average Bonchev–Trinajstić information content (AvgIpc) is 3.13. The molecular formula is C18H26N4O2. The number of hydrogen-bond donors (Lipinski definition) is 0. The van der Waals surface area contributed by atoms with Gasteiger partial charge in [0.1, 0.15) is 5.76 Å². The van der Waals surface area contributed by atoms with E-state index < -0.39 is 0 Å². The number of nitrogens with zero attached hydrogens (tertiary/aromatic N) is 4. The summed E-state index contributed by atoms with van der Waals surface area (Å²) >= 11 is 0. The summed E-state index contributed by atoms with van der Waals surface area (Å²) in [6.07, 6.45) is 4.95. The minimum Gasteiger partial charge on any atom is -0.381 e. The molecule has 2 aromatic rings. The van der Waals surface area contributed by atoms with E-state index >= 15 is 0 Å². The third-order valence-electron chi connectivity index (χ3n) is 4.86. The number of rotatable bonds is 7. The first-order valence-electron chi connectivity index (χ1n) is 8.99. The minimum atomic E-state index is 0.335. The van der Waals surface area contributed by atoms with Gasteiger partial charge in [0, 0.05) is 56.5 Å². The molecule has 0 N–H and O–H groups in total. The van der Waals surface area contributed by atoms with Crippen LogP contribution in [0.25, 0.3) is 0 Å². The maximum absolute atomic E-state index is 5.73. The van der Waals surface area contributed by atoms with E-state index in [1.165, 1.54) is 24.1 Å². The van der Waals surface area contributed by atoms with Gasteiger partial charge in [-0.25, -0.2) is 0 Å². The summed E-state index contributed by atoms with van der Waals surface area (Å²) in [6, 6.07) is 2.02. The SMILES string of the molecule is CCOC[C@@H]1CN(Cc2cc(C)on2)Cc2cn(CC3CC3)nc21. The molecule has 1 fully saturated rings. The second kappa shape index (κ2) is 6.69. The summed E-state index contributed by atoms with van der Waals surface area (Å²) in [4.78, 5) is 2.42. The predicted molar refractivity (Wildman–Crippen MR) is 89.5 cm³/mol. The number of hydrogen-bond acceptors (Lipinski definition) is 5. The molecule has 2 aliphatic rings. The molecule has 0 bridgehead atoms. The summed E-state index contributed by atoms with van der Waals surface area (Å²) in [5, 5.41) is 9.02. The number of ether oxygens (including phenoxy) is 1. The zero-order chi connectivity index (χ0) is 16.5. The maximum atomic E-state index is 5.73. The van der Waals surface area contributed by atoms with E-state index in [-0.39, 0.29) is 0 Å². The lowest BCUT2D eigenvalue weighted by molar-refractivity contribution is 0.103. The average molecular weight is 330 g/mol. The molecule has 1 aliphatic heterocycles. The first kappa shape index (κ1) is 15.8. The maximum Gasteiger partial charge on any atom is 0.133 e. The van der Waals surface area contributed by atoms with Crippen LogP contribution < -0.4 is 0 Å². The van der Waals surface area contributed by atoms with Crippen molar-refractivity contribution in [1.82, 2.24) is 19.8 Å². The summed E-state index contributed by atoms with van der Waals surface area (Å²) in [7, 11) is 0. The highest BCUT2D eigenvalue weighted by Gasteiger charge is 2.30. The highest BCUT2D eigenvalue weighted by Crippen LogP contribution is 2.33. The Balaban J connectivity index is 1.51. The van der Waals surface area contributed by atoms with Gasteiger partial charge in [-0.15, -0.1) is 0 Å². The van der Waals surface area contributed by atoms with Crippen LogP contribution in [0.1, 0.15) is 48.4 Å². The van der Waals surface area contributed by atoms with E-state index in [1.54, 1.807) is 0 Å². The predicted octanol–water partition coefficient (Wildman–Crippen LogP) is 2.73. The Bertz CT molecular complexity index is 689. The zero-order valence-corrected chi connectivity index (χ0v) is 14.6. The third-order valence-corrected chi connectivity index (χ3v) is 4.86. The normalized spacial score (nSPS) is 21.2. The molecule has 4 rings (SSSR count). The largest absolute Gasteiger partial charge is 0.381 e. The van der Waals surface area contributed by atoms with Gasteiger partial charge in [0.2, 0.25) is 0 Å². The van der Waals surface area contributed by atoms with Crippen LogP contribution in [0.2, 0.25) is 0 Å². The fourth-order valence-corrected chi connectivity index (χ4v) is 3.54. The lowest BCUT2D eigenvalue weighted by Gasteiger charge is -2.31. The van der Waals surface area contributed by atoms with E-state index in [9.17, 15) is 0 Å². The van der Waals surface area contributed by atoms with Gasteiger partial charge >= 0.3 is 0 Å². The Kier molecular flexibility index (Phi) is 4.41. The second-order valence-electron chi connectivity index (χ2n) is 7.16. The van der Waals surface area contributed by atoms with Gasteiger partial charge in [0.05, 0.1) is 18.0 Å². The van der Waals surface area contributed by atoms with Crippen LogP contribution in [-0.4, -0.2) is 39.6 Å². The number of fused-ring (bicyclic) bond motifs is 1. The quantitative estimate of drug-likeness (QED) is 0.781. The smallest absolute Gasteiger partial charge is 0.133 e. The summed E-state index contributed by atoms with van der Waals surface area (Å²) in [5.74, 6) is 2.04. The molecule has 1 atom stereocenters. The van der Waals surface area contributed by atoms with Crippen LogP contribution in [0.5, 0.6) is 0 Å². The van der Waals surface area contributed by atoms with Gasteiger partial charge in [-0.05, 0) is 32.6 Å². The van der Waals surface area contributed by atoms with Crippen molar-refractivity contribution >= 4 is 0 Å². The molecule has 6 nitrogen and oxygen atoms in total. The lowest BCUT2D eigenvalue weighted by Crippen LogP contribution is -2.35. The molecule has 0 radical (unpaired) electrons. The molecule has 0 saturated heterocycles. The number of aryl methyl sites for hydroxylation is 1. The number of aromatic nitrogens is 3. The van der Waals surface area contributed by atoms with Crippen LogP contribution in [0, 0.1) is 12.8 Å². The van der Waals surface area contributed by atoms with Gasteiger partial charge in [-0.3, -0.25) is 9.58 Å². The van der Waals surface area contributed by atoms with Crippen molar-refractivity contribution in [2.75, 3.05) is 19.8 Å². The van der Waals surface area contributed by atoms with Crippen molar-refractivity contribution in [2.24, 2.45) is 5.92 Å². The van der Waals surface area contributed by atoms with E-state index in [1.807, 2.05) is 19.9 Å². The second-order valence-corrected chi connectivity index (χ2v) is 7.16. The van der Waals surface area contributed by atoms with E-state index in [4.69, 9.17) is 14.4 Å². The monoisotopic (exact) mass is 330 g/mol. The topological polar surface area (TPSA) is 56.3 Å². The van der Waals surface area contributed by atoms with Crippen molar-refractivity contribution in [2.45, 2.75) is 52.2 Å². The Morgan fingerprint density at radius 2 is 2.25 bits per heavy atom. The van der Waals surface area contributed by atoms with Crippen LogP contribution in [0.3, 0.4) is 0 Å². The first-order valence-corrected chi connectivity index (χ1v) is 8.99. The summed E-state index contributed by atoms with van der Waals surface area (Å²) < 4.78 is 13.1. The molecule has 1 saturated carbocycles. The molecule has 130 valence electrons. The van der Waals surface area contributed by atoms with E-state index in [2.05, 4.69) is 20.9 Å². The molecule has 0 spiro atoms. The van der Waals surface area contributed by atoms with Crippen molar-refractivity contribution in [3.05, 3.63) is 35.0 Å². The fourth-order valence-electron chi connectivity index (χ4n) is 3.54. The standard InChI is InChI=1S/C18H26N4O2/c1-3-23-12-16-9-21(11-17-6-13(2)24-20-17)8-15-10-22(19-18(15)16)7-14-4-5-14/h6,10,14,16H,3-5,7-9,11-12H2,1-2H3/t16-/m0/s1. The molecule has 2 aromatic heterocycles. The Morgan fingerprint density at radius 3 is 2.96 bits per heavy atom. The van der Waals surface area contributed by atoms with Crippen molar-refractivity contribution < 1.29 is 9.26 Å². The van der Waals surface area contributed by atoms with E-state index in [0.717, 1.165) is 56.8 Å². The fraction of sp³-hybridized carbons (Fsp3) is 0.667. The third kappa shape index (κ3) is 3.54. The Labute approximate surface area is 142 Å². The molecule has 6 heteroatoms. The Hall–Kier alpha value is -1.66. The van der Waals surface area contributed by atoms with Crippen molar-refractivity contribution in [3.63, 3.8) is 0 Å². The van der Waals surface area contributed by atoms with Crippen molar-refractivity contribution in [1.29, 1.82) is 0 Å². The highest BCUT2D eigenvalue weighted by atomic mass is 16.5. The minimum absolute atomic E-state index is 0.335. The van der Waals surface area contributed by atoms with Gasteiger partial charge in [-0.1, -0.05) is 5.16 Å². The van der Waals surface area contributed by atoms with Gasteiger partial charge in [0.15, 0.2) is 0 Å². The van der Waals surface area contributed by atoms with Crippen LogP contribution in [0.4, 0.5) is 0 Å². The van der Waals surface area contributed by atoms with Crippen molar-refractivity contribution in [3.8, 4) is 0 Å². The molecule has 0 unspecified atom stereocenters. The molecule has 0 amide bonds. The first-order chi connectivity index (χ1) is 11.7. The molecule has 24 heavy (non-hydrogen) atoms. The van der Waals surface area contributed by atoms with Crippen LogP contribution >= 0.6 is 0 Å². The van der Waals surface area contributed by atoms with Crippen LogP contribution in [0.15, 0.2) is 16.8 Å². The van der Waals surface area contributed by atoms with Gasteiger partial charge < -0.3 is 9.26 Å².